The van der Waals surface area contributed by atoms with Crippen molar-refractivity contribution in [2.45, 2.75) is 32.3 Å². The molecule has 0 N–H and O–H groups in total. The van der Waals surface area contributed by atoms with Crippen molar-refractivity contribution in [2.24, 2.45) is 11.8 Å². The summed E-state index contributed by atoms with van der Waals surface area (Å²) in [5.74, 6) is 0.0566. The number of amides is 2. The Hall–Kier alpha value is -2.83. The number of carbonyl (C=O) groups excluding carboxylic acids is 3. The first kappa shape index (κ1) is 19.9. The molecule has 0 saturated heterocycles. The van der Waals surface area contributed by atoms with Crippen LogP contribution >= 0.6 is 0 Å². The Morgan fingerprint density at radius 1 is 1.07 bits per heavy atom. The molecular weight excluding hydrogens is 360 g/mol. The van der Waals surface area contributed by atoms with Gasteiger partial charge in [0.25, 0.3) is 0 Å². The summed E-state index contributed by atoms with van der Waals surface area (Å²) in [5, 5.41) is 0. The summed E-state index contributed by atoms with van der Waals surface area (Å²) in [6, 6.07) is 9.41. The first-order valence-electron chi connectivity index (χ1n) is 9.59. The number of carbonyl (C=O) groups is 3. The van der Waals surface area contributed by atoms with E-state index in [4.69, 9.17) is 9.47 Å². The first-order chi connectivity index (χ1) is 13.6. The van der Waals surface area contributed by atoms with Crippen molar-refractivity contribution < 1.29 is 23.9 Å². The Labute approximate surface area is 164 Å². The molecule has 2 aliphatic rings. The topological polar surface area (TPSA) is 76.2 Å². The number of methoxy groups -OCH3 is 1. The van der Waals surface area contributed by atoms with E-state index in [0.29, 0.717) is 12.5 Å². The third-order valence-corrected chi connectivity index (χ3v) is 5.33. The summed E-state index contributed by atoms with van der Waals surface area (Å²) in [5.41, 5.74) is 0.896. The van der Waals surface area contributed by atoms with Crippen LogP contribution in [0.15, 0.2) is 42.7 Å². The van der Waals surface area contributed by atoms with Crippen molar-refractivity contribution in [1.29, 1.82) is 0 Å². The third kappa shape index (κ3) is 5.12. The van der Waals surface area contributed by atoms with E-state index in [2.05, 4.69) is 0 Å². The second kappa shape index (κ2) is 9.39. The van der Waals surface area contributed by atoms with Gasteiger partial charge < -0.3 is 14.4 Å². The van der Waals surface area contributed by atoms with Crippen molar-refractivity contribution in [3.05, 3.63) is 48.3 Å². The van der Waals surface area contributed by atoms with Crippen molar-refractivity contribution in [1.82, 2.24) is 9.80 Å². The van der Waals surface area contributed by atoms with Gasteiger partial charge in [-0.1, -0.05) is 30.3 Å². The van der Waals surface area contributed by atoms with E-state index in [1.807, 2.05) is 30.3 Å². The Bertz CT molecular complexity index is 726. The van der Waals surface area contributed by atoms with Gasteiger partial charge in [-0.05, 0) is 37.2 Å². The third-order valence-electron chi connectivity index (χ3n) is 5.33. The predicted octanol–water partition coefficient (Wildman–Crippen LogP) is 2.92. The van der Waals surface area contributed by atoms with Crippen molar-refractivity contribution in [3.8, 4) is 0 Å². The fourth-order valence-corrected chi connectivity index (χ4v) is 3.65. The molecule has 1 aromatic carbocycles. The van der Waals surface area contributed by atoms with Crippen LogP contribution < -0.4 is 0 Å². The van der Waals surface area contributed by atoms with Crippen LogP contribution in [0.1, 0.15) is 31.2 Å². The van der Waals surface area contributed by atoms with Gasteiger partial charge in [-0.25, -0.2) is 4.79 Å². The zero-order valence-corrected chi connectivity index (χ0v) is 16.1. The Kier molecular flexibility index (Phi) is 6.68. The molecule has 1 saturated carbocycles. The van der Waals surface area contributed by atoms with Gasteiger partial charge in [0.05, 0.1) is 13.0 Å². The number of nitrogens with zero attached hydrogens (tertiary/aromatic N) is 2. The maximum Gasteiger partial charge on any atom is 0.414 e. The van der Waals surface area contributed by atoms with Crippen molar-refractivity contribution in [2.75, 3.05) is 20.2 Å². The minimum atomic E-state index is -0.535. The molecule has 2 amide bonds. The molecular formula is C21H26N2O5. The minimum Gasteiger partial charge on any atom is -0.469 e. The standard InChI is InChI=1S/C21H26N2O5/c1-27-20(25)18-9-7-16(8-10-18)13-22-11-12-23(14-19(22)24)21(26)28-15-17-5-3-2-4-6-17/h2-6,11-12,16,18H,7-10,13-15H2,1H3/t16-,18-. The second-order valence-corrected chi connectivity index (χ2v) is 7.25. The van der Waals surface area contributed by atoms with E-state index in [1.165, 1.54) is 12.0 Å². The average Bonchev–Trinajstić information content (AvgIpc) is 2.74. The molecule has 1 aromatic rings. The van der Waals surface area contributed by atoms with Gasteiger partial charge in [0.1, 0.15) is 13.2 Å². The highest BCUT2D eigenvalue weighted by Gasteiger charge is 2.30. The van der Waals surface area contributed by atoms with Crippen LogP contribution in [0.5, 0.6) is 0 Å². The van der Waals surface area contributed by atoms with Gasteiger partial charge in [0.15, 0.2) is 0 Å². The summed E-state index contributed by atoms with van der Waals surface area (Å²) >= 11 is 0. The summed E-state index contributed by atoms with van der Waals surface area (Å²) in [6.45, 7) is 0.753. The smallest absolute Gasteiger partial charge is 0.414 e. The number of rotatable bonds is 5. The van der Waals surface area contributed by atoms with Crippen LogP contribution in [0.25, 0.3) is 0 Å². The molecule has 0 unspecified atom stereocenters. The predicted molar refractivity (Wildman–Crippen MR) is 102 cm³/mol. The SMILES string of the molecule is COC(=O)[C@H]1CC[C@H](CN2C=CN(C(=O)OCc3ccccc3)CC2=O)CC1. The molecule has 0 aromatic heterocycles. The van der Waals surface area contributed by atoms with E-state index < -0.39 is 6.09 Å². The monoisotopic (exact) mass is 386 g/mol. The quantitative estimate of drug-likeness (QED) is 0.728. The van der Waals surface area contributed by atoms with E-state index in [0.717, 1.165) is 31.2 Å². The Morgan fingerprint density at radius 3 is 2.43 bits per heavy atom. The normalized spacial score (nSPS) is 22.1. The Morgan fingerprint density at radius 2 is 1.79 bits per heavy atom. The van der Waals surface area contributed by atoms with Gasteiger partial charge in [0, 0.05) is 18.9 Å². The molecule has 1 aliphatic heterocycles. The molecule has 0 bridgehead atoms. The lowest BCUT2D eigenvalue weighted by molar-refractivity contribution is -0.147. The van der Waals surface area contributed by atoms with Gasteiger partial charge in [0.2, 0.25) is 5.91 Å². The lowest BCUT2D eigenvalue weighted by Gasteiger charge is -2.33. The number of esters is 1. The fourth-order valence-electron chi connectivity index (χ4n) is 3.65. The minimum absolute atomic E-state index is 0.0243. The maximum atomic E-state index is 12.4. The highest BCUT2D eigenvalue weighted by molar-refractivity contribution is 5.85. The highest BCUT2D eigenvalue weighted by Crippen LogP contribution is 2.30. The summed E-state index contributed by atoms with van der Waals surface area (Å²) in [7, 11) is 1.42. The largest absolute Gasteiger partial charge is 0.469 e. The number of ether oxygens (including phenoxy) is 2. The van der Waals surface area contributed by atoms with Gasteiger partial charge in [-0.15, -0.1) is 0 Å². The zero-order valence-electron chi connectivity index (χ0n) is 16.1. The number of hydrogen-bond acceptors (Lipinski definition) is 5. The lowest BCUT2D eigenvalue weighted by Crippen LogP contribution is -2.44. The van der Waals surface area contributed by atoms with Crippen LogP contribution in [0.3, 0.4) is 0 Å². The highest BCUT2D eigenvalue weighted by atomic mass is 16.6. The van der Waals surface area contributed by atoms with Crippen LogP contribution in [-0.4, -0.2) is 48.0 Å². The van der Waals surface area contributed by atoms with E-state index in [1.54, 1.807) is 17.3 Å². The molecule has 1 fully saturated rings. The molecule has 0 atom stereocenters. The van der Waals surface area contributed by atoms with Crippen LogP contribution in [0.4, 0.5) is 4.79 Å². The first-order valence-corrected chi connectivity index (χ1v) is 9.59. The van der Waals surface area contributed by atoms with E-state index >= 15 is 0 Å². The molecule has 0 spiro atoms. The zero-order chi connectivity index (χ0) is 19.9. The lowest BCUT2D eigenvalue weighted by atomic mass is 9.82. The van der Waals surface area contributed by atoms with Crippen LogP contribution in [-0.2, 0) is 25.7 Å². The molecule has 7 nitrogen and oxygen atoms in total. The fraction of sp³-hybridized carbons (Fsp3) is 0.476. The van der Waals surface area contributed by atoms with Gasteiger partial charge in [-0.2, -0.15) is 0 Å². The molecule has 1 aliphatic carbocycles. The molecule has 3 rings (SSSR count). The van der Waals surface area contributed by atoms with Crippen LogP contribution in [0, 0.1) is 11.8 Å². The molecule has 7 heteroatoms. The summed E-state index contributed by atoms with van der Waals surface area (Å²) in [4.78, 5) is 39.2. The number of benzene rings is 1. The molecule has 150 valence electrons. The van der Waals surface area contributed by atoms with Gasteiger partial charge in [-0.3, -0.25) is 14.5 Å². The molecule has 28 heavy (non-hydrogen) atoms. The number of hydrogen-bond donors (Lipinski definition) is 0. The summed E-state index contributed by atoms with van der Waals surface area (Å²) in [6.07, 6.45) is 6.06. The van der Waals surface area contributed by atoms with Crippen molar-refractivity contribution >= 4 is 18.0 Å². The molecule has 1 heterocycles. The van der Waals surface area contributed by atoms with Crippen molar-refractivity contribution in [3.63, 3.8) is 0 Å². The summed E-state index contributed by atoms with van der Waals surface area (Å²) < 4.78 is 10.1. The van der Waals surface area contributed by atoms with Crippen LogP contribution in [0.2, 0.25) is 0 Å². The van der Waals surface area contributed by atoms with Gasteiger partial charge >= 0.3 is 12.1 Å². The van der Waals surface area contributed by atoms with E-state index in [9.17, 15) is 14.4 Å². The Balaban J connectivity index is 1.46. The molecule has 0 radical (unpaired) electrons. The average molecular weight is 386 g/mol. The second-order valence-electron chi connectivity index (χ2n) is 7.25. The maximum absolute atomic E-state index is 12.4. The van der Waals surface area contributed by atoms with E-state index in [-0.39, 0.29) is 30.9 Å².